The summed E-state index contributed by atoms with van der Waals surface area (Å²) < 4.78 is 18.5. The summed E-state index contributed by atoms with van der Waals surface area (Å²) in [6.07, 6.45) is 10.7. The van der Waals surface area contributed by atoms with Crippen LogP contribution in [0.3, 0.4) is 0 Å². The van der Waals surface area contributed by atoms with E-state index in [2.05, 4.69) is 28.1 Å². The summed E-state index contributed by atoms with van der Waals surface area (Å²) in [7, 11) is 0. The largest absolute Gasteiger partial charge is 0.487 e. The number of ether oxygens (including phenoxy) is 3. The van der Waals surface area contributed by atoms with E-state index >= 15 is 0 Å². The van der Waals surface area contributed by atoms with Crippen molar-refractivity contribution in [1.29, 1.82) is 0 Å². The monoisotopic (exact) mass is 527 g/mol. The van der Waals surface area contributed by atoms with E-state index in [-0.39, 0.29) is 12.0 Å². The molecule has 39 heavy (non-hydrogen) atoms. The molecule has 4 heterocycles. The maximum atomic E-state index is 13.6. The van der Waals surface area contributed by atoms with Gasteiger partial charge in [-0.1, -0.05) is 6.07 Å². The molecule has 1 aromatic heterocycles. The smallest absolute Gasteiger partial charge is 0.254 e. The van der Waals surface area contributed by atoms with Crippen molar-refractivity contribution in [3.8, 4) is 22.6 Å². The van der Waals surface area contributed by atoms with Gasteiger partial charge in [-0.3, -0.25) is 9.78 Å². The first-order valence-corrected chi connectivity index (χ1v) is 14.3. The molecule has 0 aliphatic carbocycles. The molecule has 3 aliphatic rings. The average Bonchev–Trinajstić information content (AvgIpc) is 3.24. The fraction of sp³-hybridized carbons (Fsp3) is 0.438. The van der Waals surface area contributed by atoms with Crippen molar-refractivity contribution in [3.63, 3.8) is 0 Å². The summed E-state index contributed by atoms with van der Waals surface area (Å²) in [6.45, 7) is 4.81. The van der Waals surface area contributed by atoms with Crippen molar-refractivity contribution >= 4 is 11.6 Å². The molecule has 0 spiro atoms. The van der Waals surface area contributed by atoms with Gasteiger partial charge in [0, 0.05) is 61.0 Å². The molecule has 0 N–H and O–H groups in total. The van der Waals surface area contributed by atoms with Crippen molar-refractivity contribution in [2.45, 2.75) is 51.2 Å². The van der Waals surface area contributed by atoms with E-state index in [1.807, 2.05) is 41.4 Å². The molecule has 2 saturated heterocycles. The van der Waals surface area contributed by atoms with Crippen LogP contribution in [0, 0.1) is 0 Å². The highest BCUT2D eigenvalue weighted by Gasteiger charge is 2.26. The van der Waals surface area contributed by atoms with E-state index in [1.165, 1.54) is 24.9 Å². The number of rotatable bonds is 6. The Kier molecular flexibility index (Phi) is 7.95. The van der Waals surface area contributed by atoms with Gasteiger partial charge in [-0.15, -0.1) is 0 Å². The molecule has 2 aromatic carbocycles. The third kappa shape index (κ3) is 6.04. The van der Waals surface area contributed by atoms with Gasteiger partial charge in [-0.05, 0) is 86.6 Å². The molecule has 0 bridgehead atoms. The number of benzene rings is 2. The van der Waals surface area contributed by atoms with E-state index in [4.69, 9.17) is 14.2 Å². The van der Waals surface area contributed by atoms with E-state index in [1.54, 1.807) is 6.20 Å². The number of piperidine rings is 1. The average molecular weight is 528 g/mol. The van der Waals surface area contributed by atoms with Crippen LogP contribution in [-0.4, -0.2) is 61.3 Å². The molecule has 2 fully saturated rings. The Morgan fingerprint density at radius 2 is 1.82 bits per heavy atom. The minimum atomic E-state index is 0.0153. The lowest BCUT2D eigenvalue weighted by molar-refractivity contribution is -0.0115. The van der Waals surface area contributed by atoms with Crippen LogP contribution in [0.1, 0.15) is 54.4 Å². The molecule has 3 aromatic rings. The van der Waals surface area contributed by atoms with Crippen LogP contribution < -0.4 is 14.4 Å². The first-order valence-electron chi connectivity index (χ1n) is 14.3. The zero-order chi connectivity index (χ0) is 26.4. The molecule has 1 atom stereocenters. The second-order valence-electron chi connectivity index (χ2n) is 10.7. The molecule has 7 heteroatoms. The Morgan fingerprint density at radius 1 is 0.949 bits per heavy atom. The summed E-state index contributed by atoms with van der Waals surface area (Å²) in [4.78, 5) is 22.2. The number of amides is 1. The summed E-state index contributed by atoms with van der Waals surface area (Å²) in [5, 5.41) is 0. The molecule has 0 radical (unpaired) electrons. The van der Waals surface area contributed by atoms with Crippen LogP contribution >= 0.6 is 0 Å². The summed E-state index contributed by atoms with van der Waals surface area (Å²) in [6, 6.07) is 16.2. The molecule has 204 valence electrons. The van der Waals surface area contributed by atoms with Crippen LogP contribution in [-0.2, 0) is 11.3 Å². The van der Waals surface area contributed by atoms with Gasteiger partial charge in [-0.25, -0.2) is 0 Å². The number of hydrogen-bond acceptors (Lipinski definition) is 6. The normalized spacial score (nSPS) is 19.5. The number of carbonyl (C=O) groups is 1. The molecular formula is C32H37N3O4. The maximum Gasteiger partial charge on any atom is 0.254 e. The fourth-order valence-electron chi connectivity index (χ4n) is 5.74. The topological polar surface area (TPSA) is 64.1 Å². The molecule has 1 amide bonds. The van der Waals surface area contributed by atoms with Crippen LogP contribution in [0.15, 0.2) is 60.9 Å². The molecule has 3 aliphatic heterocycles. The summed E-state index contributed by atoms with van der Waals surface area (Å²) >= 11 is 0. The Bertz CT molecular complexity index is 1250. The lowest BCUT2D eigenvalue weighted by Crippen LogP contribution is -2.32. The van der Waals surface area contributed by atoms with Crippen molar-refractivity contribution < 1.29 is 19.0 Å². The Hall–Kier alpha value is -3.58. The molecule has 7 nitrogen and oxygen atoms in total. The third-order valence-corrected chi connectivity index (χ3v) is 7.92. The minimum absolute atomic E-state index is 0.0153. The van der Waals surface area contributed by atoms with Crippen molar-refractivity contribution in [2.24, 2.45) is 0 Å². The predicted molar refractivity (Wildman–Crippen MR) is 152 cm³/mol. The molecule has 6 rings (SSSR count). The summed E-state index contributed by atoms with van der Waals surface area (Å²) in [5.41, 5.74) is 4.82. The van der Waals surface area contributed by atoms with Gasteiger partial charge in [0.25, 0.3) is 5.91 Å². The number of carbonyl (C=O) groups excluding carboxylic acids is 1. The fourth-order valence-corrected chi connectivity index (χ4v) is 5.74. The van der Waals surface area contributed by atoms with Crippen molar-refractivity contribution in [3.05, 3.63) is 72.1 Å². The highest BCUT2D eigenvalue weighted by atomic mass is 16.5. The molecular weight excluding hydrogens is 490 g/mol. The first-order chi connectivity index (χ1) is 19.2. The van der Waals surface area contributed by atoms with Gasteiger partial charge in [0.2, 0.25) is 0 Å². The zero-order valence-corrected chi connectivity index (χ0v) is 22.5. The second kappa shape index (κ2) is 12.1. The van der Waals surface area contributed by atoms with Crippen LogP contribution in [0.25, 0.3) is 11.1 Å². The lowest BCUT2D eigenvalue weighted by Gasteiger charge is -2.29. The van der Waals surface area contributed by atoms with Crippen LogP contribution in [0.2, 0.25) is 0 Å². The van der Waals surface area contributed by atoms with E-state index < -0.39 is 0 Å². The zero-order valence-electron chi connectivity index (χ0n) is 22.5. The minimum Gasteiger partial charge on any atom is -0.487 e. The van der Waals surface area contributed by atoms with Crippen LogP contribution in [0.4, 0.5) is 5.69 Å². The Balaban J connectivity index is 1.24. The third-order valence-electron chi connectivity index (χ3n) is 7.92. The maximum absolute atomic E-state index is 13.6. The highest BCUT2D eigenvalue weighted by molar-refractivity contribution is 5.94. The molecule has 0 saturated carbocycles. The quantitative estimate of drug-likeness (QED) is 0.409. The van der Waals surface area contributed by atoms with Gasteiger partial charge >= 0.3 is 0 Å². The summed E-state index contributed by atoms with van der Waals surface area (Å²) in [5.74, 6) is 1.43. The van der Waals surface area contributed by atoms with Gasteiger partial charge in [-0.2, -0.15) is 0 Å². The van der Waals surface area contributed by atoms with Gasteiger partial charge < -0.3 is 24.0 Å². The Morgan fingerprint density at radius 3 is 2.59 bits per heavy atom. The number of aromatic nitrogens is 1. The Labute approximate surface area is 230 Å². The number of hydrogen-bond donors (Lipinski definition) is 0. The van der Waals surface area contributed by atoms with E-state index in [0.29, 0.717) is 43.4 Å². The predicted octanol–water partition coefficient (Wildman–Crippen LogP) is 5.72. The lowest BCUT2D eigenvalue weighted by atomic mass is 10.0. The number of fused-ring (bicyclic) bond motifs is 1. The second-order valence-corrected chi connectivity index (χ2v) is 10.7. The number of nitrogens with zero attached hydrogens (tertiary/aromatic N) is 3. The van der Waals surface area contributed by atoms with Crippen molar-refractivity contribution in [1.82, 2.24) is 9.88 Å². The van der Waals surface area contributed by atoms with E-state index in [0.717, 1.165) is 55.6 Å². The van der Waals surface area contributed by atoms with Gasteiger partial charge in [0.15, 0.2) is 11.5 Å². The van der Waals surface area contributed by atoms with E-state index in [9.17, 15) is 4.79 Å². The first kappa shape index (κ1) is 25.7. The highest BCUT2D eigenvalue weighted by Crippen LogP contribution is 2.39. The van der Waals surface area contributed by atoms with Crippen LogP contribution in [0.5, 0.6) is 11.5 Å². The van der Waals surface area contributed by atoms with Crippen molar-refractivity contribution in [2.75, 3.05) is 44.4 Å². The van der Waals surface area contributed by atoms with Gasteiger partial charge in [0.05, 0.1) is 12.6 Å². The van der Waals surface area contributed by atoms with Gasteiger partial charge in [0.1, 0.15) is 13.2 Å². The number of anilines is 1. The standard InChI is InChI=1S/C32H37N3O4/c36-32(24-9-11-28(12-10-24)34-14-3-1-4-15-34)35-16-18-38-31-27(22-35)19-26(25-7-6-13-33-21-25)20-30(31)39-23-29-8-2-5-17-37-29/h6-7,9-13,19-21,29H,1-5,8,14-18,22-23H2/t29-/m0/s1. The SMILES string of the molecule is O=C(c1ccc(N2CCCCC2)cc1)N1CCOc2c(cc(-c3cccnc3)cc2OC[C@@H]2CCCCO2)C1. The number of pyridine rings is 1. The molecule has 0 unspecified atom stereocenters.